The lowest BCUT2D eigenvalue weighted by atomic mass is 10.2. The first-order valence-corrected chi connectivity index (χ1v) is 6.84. The van der Waals surface area contributed by atoms with Gasteiger partial charge in [-0.1, -0.05) is 13.8 Å². The third-order valence-corrected chi connectivity index (χ3v) is 4.23. The first-order valence-electron chi connectivity index (χ1n) is 5.79. The fraction of sp³-hybridized carbons (Fsp3) is 0.909. The van der Waals surface area contributed by atoms with E-state index in [0.29, 0.717) is 5.25 Å². The molecule has 3 atom stereocenters. The van der Waals surface area contributed by atoms with E-state index in [1.165, 1.54) is 0 Å². The van der Waals surface area contributed by atoms with E-state index in [4.69, 9.17) is 10.5 Å². The molecular weight excluding hydrogens is 224 g/mol. The molecule has 0 bridgehead atoms. The normalized spacial score (nSPS) is 27.2. The predicted molar refractivity (Wildman–Crippen MR) is 67.5 cm³/mol. The molecule has 3 unspecified atom stereocenters. The van der Waals surface area contributed by atoms with Gasteiger partial charge in [0.05, 0.1) is 12.1 Å². The zero-order chi connectivity index (χ0) is 12.1. The molecule has 1 aliphatic rings. The Morgan fingerprint density at radius 2 is 2.31 bits per heavy atom. The zero-order valence-electron chi connectivity index (χ0n) is 10.2. The van der Waals surface area contributed by atoms with Crippen LogP contribution in [0.3, 0.4) is 0 Å². The highest BCUT2D eigenvalue weighted by Gasteiger charge is 2.26. The lowest BCUT2D eigenvalue weighted by Crippen LogP contribution is -2.46. The number of carbonyl (C=O) groups is 1. The lowest BCUT2D eigenvalue weighted by Gasteiger charge is -2.20. The molecule has 5 heteroatoms. The molecule has 0 aliphatic carbocycles. The standard InChI is InChI=1S/C11H22N2O2S/c1-7(2)13-9(11(12)14)6-16-10-4-5-15-8(10)3/h7-10,13H,4-6H2,1-3H3,(H2,12,14). The molecule has 0 aromatic carbocycles. The quantitative estimate of drug-likeness (QED) is 0.726. The van der Waals surface area contributed by atoms with Gasteiger partial charge in [-0.15, -0.1) is 0 Å². The van der Waals surface area contributed by atoms with E-state index in [0.717, 1.165) is 18.8 Å². The summed E-state index contributed by atoms with van der Waals surface area (Å²) in [7, 11) is 0. The van der Waals surface area contributed by atoms with Crippen LogP contribution < -0.4 is 11.1 Å². The summed E-state index contributed by atoms with van der Waals surface area (Å²) in [6, 6.07) is 0.0353. The van der Waals surface area contributed by atoms with E-state index < -0.39 is 0 Å². The van der Waals surface area contributed by atoms with E-state index in [2.05, 4.69) is 12.2 Å². The van der Waals surface area contributed by atoms with E-state index in [9.17, 15) is 4.79 Å². The molecular formula is C11H22N2O2S. The Balaban J connectivity index is 2.34. The SMILES string of the molecule is CC(C)NC(CSC1CCOC1C)C(N)=O. The monoisotopic (exact) mass is 246 g/mol. The number of carbonyl (C=O) groups excluding carboxylic acids is 1. The molecule has 1 saturated heterocycles. The molecule has 4 nitrogen and oxygen atoms in total. The summed E-state index contributed by atoms with van der Waals surface area (Å²) in [4.78, 5) is 11.2. The van der Waals surface area contributed by atoms with Gasteiger partial charge >= 0.3 is 0 Å². The lowest BCUT2D eigenvalue weighted by molar-refractivity contribution is -0.119. The summed E-state index contributed by atoms with van der Waals surface area (Å²) in [6.07, 6.45) is 1.36. The topological polar surface area (TPSA) is 64.3 Å². The Morgan fingerprint density at radius 1 is 1.62 bits per heavy atom. The number of amides is 1. The van der Waals surface area contributed by atoms with E-state index >= 15 is 0 Å². The molecule has 0 aromatic heterocycles. The molecule has 0 saturated carbocycles. The summed E-state index contributed by atoms with van der Waals surface area (Å²) < 4.78 is 5.48. The molecule has 1 fully saturated rings. The number of thioether (sulfide) groups is 1. The Bertz CT molecular complexity index is 236. The van der Waals surface area contributed by atoms with Gasteiger partial charge in [-0.2, -0.15) is 11.8 Å². The number of nitrogens with two attached hydrogens (primary N) is 1. The van der Waals surface area contributed by atoms with Crippen LogP contribution in [0.4, 0.5) is 0 Å². The van der Waals surface area contributed by atoms with Crippen molar-refractivity contribution >= 4 is 17.7 Å². The van der Waals surface area contributed by atoms with Crippen molar-refractivity contribution in [2.24, 2.45) is 5.73 Å². The van der Waals surface area contributed by atoms with Crippen LogP contribution in [-0.4, -0.2) is 41.7 Å². The summed E-state index contributed by atoms with van der Waals surface area (Å²) in [6.45, 7) is 6.95. The number of hydrogen-bond acceptors (Lipinski definition) is 4. The minimum Gasteiger partial charge on any atom is -0.377 e. The number of primary amides is 1. The largest absolute Gasteiger partial charge is 0.377 e. The van der Waals surface area contributed by atoms with Crippen molar-refractivity contribution in [3.8, 4) is 0 Å². The maximum Gasteiger partial charge on any atom is 0.235 e. The van der Waals surface area contributed by atoms with Crippen LogP contribution in [0.1, 0.15) is 27.2 Å². The van der Waals surface area contributed by atoms with Crippen LogP contribution in [0, 0.1) is 0 Å². The Labute approximate surface area is 102 Å². The van der Waals surface area contributed by atoms with Gasteiger partial charge in [0.15, 0.2) is 0 Å². The van der Waals surface area contributed by atoms with Gasteiger partial charge in [0, 0.05) is 23.7 Å². The van der Waals surface area contributed by atoms with Crippen molar-refractivity contribution in [1.82, 2.24) is 5.32 Å². The first-order chi connectivity index (χ1) is 7.50. The second-order valence-electron chi connectivity index (χ2n) is 4.51. The first kappa shape index (κ1) is 13.8. The highest BCUT2D eigenvalue weighted by Crippen LogP contribution is 2.26. The Kier molecular flexibility index (Phi) is 5.58. The van der Waals surface area contributed by atoms with Gasteiger partial charge in [-0.25, -0.2) is 0 Å². The number of rotatable bonds is 6. The highest BCUT2D eigenvalue weighted by molar-refractivity contribution is 8.00. The van der Waals surface area contributed by atoms with Crippen LogP contribution in [0.25, 0.3) is 0 Å². The molecule has 1 heterocycles. The fourth-order valence-electron chi connectivity index (χ4n) is 1.77. The predicted octanol–water partition coefficient (Wildman–Crippen LogP) is 0.749. The van der Waals surface area contributed by atoms with Crippen molar-refractivity contribution in [2.75, 3.05) is 12.4 Å². The number of hydrogen-bond donors (Lipinski definition) is 2. The number of ether oxygens (including phenoxy) is 1. The van der Waals surface area contributed by atoms with Gasteiger partial charge in [0.2, 0.25) is 5.91 Å². The molecule has 0 radical (unpaired) electrons. The average molecular weight is 246 g/mol. The van der Waals surface area contributed by atoms with E-state index in [-0.39, 0.29) is 24.1 Å². The second kappa shape index (κ2) is 6.47. The van der Waals surface area contributed by atoms with Crippen LogP contribution in [0.2, 0.25) is 0 Å². The molecule has 1 aliphatic heterocycles. The molecule has 1 amide bonds. The second-order valence-corrected chi connectivity index (χ2v) is 5.78. The van der Waals surface area contributed by atoms with Crippen molar-refractivity contribution in [3.05, 3.63) is 0 Å². The minimum atomic E-state index is -0.271. The molecule has 0 aromatic rings. The summed E-state index contributed by atoms with van der Waals surface area (Å²) >= 11 is 1.78. The Morgan fingerprint density at radius 3 is 2.75 bits per heavy atom. The third-order valence-electron chi connectivity index (χ3n) is 2.66. The van der Waals surface area contributed by atoms with E-state index in [1.807, 2.05) is 13.8 Å². The van der Waals surface area contributed by atoms with Crippen LogP contribution >= 0.6 is 11.8 Å². The van der Waals surface area contributed by atoms with Gasteiger partial charge in [0.25, 0.3) is 0 Å². The highest BCUT2D eigenvalue weighted by atomic mass is 32.2. The maximum atomic E-state index is 11.2. The van der Waals surface area contributed by atoms with Crippen LogP contribution in [0.5, 0.6) is 0 Å². The van der Waals surface area contributed by atoms with Gasteiger partial charge in [0.1, 0.15) is 0 Å². The smallest absolute Gasteiger partial charge is 0.235 e. The Hall–Kier alpha value is -0.260. The maximum absolute atomic E-state index is 11.2. The molecule has 16 heavy (non-hydrogen) atoms. The average Bonchev–Trinajstić information content (AvgIpc) is 2.57. The van der Waals surface area contributed by atoms with Crippen molar-refractivity contribution in [1.29, 1.82) is 0 Å². The summed E-state index contributed by atoms with van der Waals surface area (Å²) in [5, 5.41) is 3.68. The van der Waals surface area contributed by atoms with Gasteiger partial charge in [-0.05, 0) is 13.3 Å². The molecule has 94 valence electrons. The zero-order valence-corrected chi connectivity index (χ0v) is 11.0. The minimum absolute atomic E-state index is 0.238. The van der Waals surface area contributed by atoms with Gasteiger partial charge in [-0.3, -0.25) is 4.79 Å². The summed E-state index contributed by atoms with van der Waals surface area (Å²) in [5.74, 6) is 0.457. The summed E-state index contributed by atoms with van der Waals surface area (Å²) in [5.41, 5.74) is 5.36. The molecule has 3 N–H and O–H groups in total. The van der Waals surface area contributed by atoms with Crippen molar-refractivity contribution < 1.29 is 9.53 Å². The third kappa shape index (κ3) is 4.31. The van der Waals surface area contributed by atoms with Crippen molar-refractivity contribution in [2.45, 2.75) is 50.6 Å². The van der Waals surface area contributed by atoms with Crippen molar-refractivity contribution in [3.63, 3.8) is 0 Å². The molecule has 1 rings (SSSR count). The number of nitrogens with one attached hydrogen (secondary N) is 1. The van der Waals surface area contributed by atoms with Gasteiger partial charge < -0.3 is 15.8 Å². The fourth-order valence-corrected chi connectivity index (χ4v) is 3.08. The van der Waals surface area contributed by atoms with E-state index in [1.54, 1.807) is 11.8 Å². The molecule has 0 spiro atoms. The van der Waals surface area contributed by atoms with Crippen LogP contribution in [0.15, 0.2) is 0 Å². The van der Waals surface area contributed by atoms with Crippen LogP contribution in [-0.2, 0) is 9.53 Å².